The molecule has 0 unspecified atom stereocenters. The lowest BCUT2D eigenvalue weighted by Crippen LogP contribution is -2.37. The van der Waals surface area contributed by atoms with Crippen LogP contribution in [0.5, 0.6) is 0 Å². The van der Waals surface area contributed by atoms with Crippen molar-refractivity contribution in [1.82, 2.24) is 20.1 Å². The number of aryl methyl sites for hydroxylation is 1. The SMILES string of the molecule is Cc1nc(CC(=O)N2CCc3[nH]nc(C(=O)O)c3C2)cs1. The summed E-state index contributed by atoms with van der Waals surface area (Å²) in [5, 5.41) is 18.5. The maximum absolute atomic E-state index is 12.3. The maximum Gasteiger partial charge on any atom is 0.356 e. The first-order chi connectivity index (χ1) is 10.0. The number of H-pyrrole nitrogens is 1. The van der Waals surface area contributed by atoms with Crippen LogP contribution >= 0.6 is 11.3 Å². The first kappa shape index (κ1) is 13.7. The Morgan fingerprint density at radius 1 is 1.52 bits per heavy atom. The van der Waals surface area contributed by atoms with Gasteiger partial charge in [-0.3, -0.25) is 9.89 Å². The number of nitrogens with one attached hydrogen (secondary N) is 1. The fraction of sp³-hybridized carbons (Fsp3) is 0.385. The van der Waals surface area contributed by atoms with Gasteiger partial charge in [0.25, 0.3) is 0 Å². The summed E-state index contributed by atoms with van der Waals surface area (Å²) < 4.78 is 0. The smallest absolute Gasteiger partial charge is 0.356 e. The Labute approximate surface area is 124 Å². The summed E-state index contributed by atoms with van der Waals surface area (Å²) in [7, 11) is 0. The van der Waals surface area contributed by atoms with E-state index in [0.717, 1.165) is 16.4 Å². The Balaban J connectivity index is 1.74. The van der Waals surface area contributed by atoms with Gasteiger partial charge < -0.3 is 10.0 Å². The number of carboxylic acid groups (broad SMARTS) is 1. The average molecular weight is 306 g/mol. The van der Waals surface area contributed by atoms with Crippen molar-refractivity contribution < 1.29 is 14.7 Å². The molecule has 2 aromatic heterocycles. The summed E-state index contributed by atoms with van der Waals surface area (Å²) >= 11 is 1.51. The third kappa shape index (κ3) is 2.66. The number of amides is 1. The van der Waals surface area contributed by atoms with E-state index in [9.17, 15) is 9.59 Å². The second kappa shape index (κ2) is 5.28. The van der Waals surface area contributed by atoms with Crippen LogP contribution in [0.15, 0.2) is 5.38 Å². The number of aromatic nitrogens is 3. The highest BCUT2D eigenvalue weighted by Crippen LogP contribution is 2.21. The number of carbonyl (C=O) groups excluding carboxylic acids is 1. The van der Waals surface area contributed by atoms with Crippen molar-refractivity contribution in [2.24, 2.45) is 0 Å². The van der Waals surface area contributed by atoms with Gasteiger partial charge in [-0.25, -0.2) is 9.78 Å². The number of aromatic amines is 1. The van der Waals surface area contributed by atoms with Crippen LogP contribution in [-0.2, 0) is 24.2 Å². The van der Waals surface area contributed by atoms with E-state index in [1.54, 1.807) is 4.90 Å². The average Bonchev–Trinajstić information content (AvgIpc) is 3.04. The minimum absolute atomic E-state index is 0.00648. The number of carbonyl (C=O) groups is 2. The van der Waals surface area contributed by atoms with Gasteiger partial charge in [0.2, 0.25) is 5.91 Å². The third-order valence-electron chi connectivity index (χ3n) is 3.49. The Morgan fingerprint density at radius 3 is 3.00 bits per heavy atom. The van der Waals surface area contributed by atoms with Crippen LogP contribution < -0.4 is 0 Å². The van der Waals surface area contributed by atoms with Gasteiger partial charge in [-0.1, -0.05) is 0 Å². The number of hydrogen-bond acceptors (Lipinski definition) is 5. The summed E-state index contributed by atoms with van der Waals surface area (Å²) in [5.41, 5.74) is 2.18. The fourth-order valence-corrected chi connectivity index (χ4v) is 3.05. The molecule has 2 N–H and O–H groups in total. The molecule has 1 aliphatic rings. The van der Waals surface area contributed by atoms with Gasteiger partial charge in [-0.2, -0.15) is 5.10 Å². The van der Waals surface area contributed by atoms with E-state index in [1.165, 1.54) is 11.3 Å². The number of rotatable bonds is 3. The molecule has 1 amide bonds. The lowest BCUT2D eigenvalue weighted by molar-refractivity contribution is -0.131. The Kier molecular flexibility index (Phi) is 3.46. The zero-order valence-electron chi connectivity index (χ0n) is 11.4. The first-order valence-electron chi connectivity index (χ1n) is 6.53. The van der Waals surface area contributed by atoms with Crippen LogP contribution in [0.1, 0.15) is 32.4 Å². The predicted octanol–water partition coefficient (Wildman–Crippen LogP) is 1.00. The van der Waals surface area contributed by atoms with Crippen molar-refractivity contribution in [3.05, 3.63) is 33.0 Å². The number of carboxylic acids is 1. The predicted molar refractivity (Wildman–Crippen MR) is 75.2 cm³/mol. The van der Waals surface area contributed by atoms with E-state index in [0.29, 0.717) is 18.5 Å². The Morgan fingerprint density at radius 2 is 2.33 bits per heavy atom. The molecule has 21 heavy (non-hydrogen) atoms. The monoisotopic (exact) mass is 306 g/mol. The van der Waals surface area contributed by atoms with Crippen molar-refractivity contribution in [2.45, 2.75) is 26.3 Å². The topological polar surface area (TPSA) is 99.2 Å². The van der Waals surface area contributed by atoms with Crippen molar-refractivity contribution in [1.29, 1.82) is 0 Å². The minimum Gasteiger partial charge on any atom is -0.476 e. The largest absolute Gasteiger partial charge is 0.476 e. The fourth-order valence-electron chi connectivity index (χ4n) is 2.44. The van der Waals surface area contributed by atoms with Gasteiger partial charge >= 0.3 is 5.97 Å². The number of fused-ring (bicyclic) bond motifs is 1. The van der Waals surface area contributed by atoms with Gasteiger partial charge in [-0.05, 0) is 6.92 Å². The molecule has 3 heterocycles. The van der Waals surface area contributed by atoms with E-state index < -0.39 is 5.97 Å². The lowest BCUT2D eigenvalue weighted by atomic mass is 10.0. The molecule has 0 radical (unpaired) electrons. The highest BCUT2D eigenvalue weighted by atomic mass is 32.1. The molecule has 0 bridgehead atoms. The normalized spacial score (nSPS) is 14.0. The quantitative estimate of drug-likeness (QED) is 0.881. The third-order valence-corrected chi connectivity index (χ3v) is 4.31. The first-order valence-corrected chi connectivity index (χ1v) is 7.40. The number of hydrogen-bond donors (Lipinski definition) is 2. The standard InChI is InChI=1S/C13H14N4O3S/c1-7-14-8(6-21-7)4-11(18)17-3-2-10-9(5-17)12(13(19)20)16-15-10/h6H,2-5H2,1H3,(H,15,16)(H,19,20). The van der Waals surface area contributed by atoms with Gasteiger partial charge in [0.15, 0.2) is 5.69 Å². The van der Waals surface area contributed by atoms with E-state index in [4.69, 9.17) is 5.11 Å². The molecule has 3 rings (SSSR count). The van der Waals surface area contributed by atoms with Gasteiger partial charge in [-0.15, -0.1) is 11.3 Å². The second-order valence-electron chi connectivity index (χ2n) is 4.93. The van der Waals surface area contributed by atoms with Gasteiger partial charge in [0, 0.05) is 36.1 Å². The molecular weight excluding hydrogens is 292 g/mol. The highest BCUT2D eigenvalue weighted by Gasteiger charge is 2.27. The molecular formula is C13H14N4O3S. The molecule has 1 aliphatic heterocycles. The molecule has 0 spiro atoms. The zero-order chi connectivity index (χ0) is 15.0. The van der Waals surface area contributed by atoms with Crippen molar-refractivity contribution in [3.8, 4) is 0 Å². The van der Waals surface area contributed by atoms with Crippen LogP contribution in [0.25, 0.3) is 0 Å². The Hall–Kier alpha value is -2.22. The molecule has 0 saturated heterocycles. The van der Waals surface area contributed by atoms with E-state index in [-0.39, 0.29) is 24.6 Å². The second-order valence-corrected chi connectivity index (χ2v) is 6.00. The summed E-state index contributed by atoms with van der Waals surface area (Å²) in [4.78, 5) is 29.4. The molecule has 0 aromatic carbocycles. The molecule has 110 valence electrons. The van der Waals surface area contributed by atoms with Crippen LogP contribution in [0.4, 0.5) is 0 Å². The molecule has 8 heteroatoms. The van der Waals surface area contributed by atoms with Gasteiger partial charge in [0.05, 0.1) is 17.1 Å². The number of thiazole rings is 1. The lowest BCUT2D eigenvalue weighted by Gasteiger charge is -2.26. The molecule has 0 saturated carbocycles. The van der Waals surface area contributed by atoms with Crippen LogP contribution in [0.3, 0.4) is 0 Å². The molecule has 2 aromatic rings. The summed E-state index contributed by atoms with van der Waals surface area (Å²) in [6.45, 7) is 2.75. The van der Waals surface area contributed by atoms with Gasteiger partial charge in [0.1, 0.15) is 0 Å². The van der Waals surface area contributed by atoms with Crippen LogP contribution in [-0.4, -0.2) is 43.6 Å². The zero-order valence-corrected chi connectivity index (χ0v) is 12.2. The molecule has 0 aliphatic carbocycles. The molecule has 0 atom stereocenters. The van der Waals surface area contributed by atoms with Crippen molar-refractivity contribution in [3.63, 3.8) is 0 Å². The minimum atomic E-state index is -1.07. The Bertz CT molecular complexity index is 706. The molecule has 7 nitrogen and oxygen atoms in total. The summed E-state index contributed by atoms with van der Waals surface area (Å²) in [5.74, 6) is -1.11. The van der Waals surface area contributed by atoms with Crippen molar-refractivity contribution in [2.75, 3.05) is 6.54 Å². The van der Waals surface area contributed by atoms with Crippen molar-refractivity contribution >= 4 is 23.2 Å². The summed E-state index contributed by atoms with van der Waals surface area (Å²) in [6.07, 6.45) is 0.845. The highest BCUT2D eigenvalue weighted by molar-refractivity contribution is 7.09. The summed E-state index contributed by atoms with van der Waals surface area (Å²) in [6, 6.07) is 0. The maximum atomic E-state index is 12.3. The van der Waals surface area contributed by atoms with E-state index in [2.05, 4.69) is 15.2 Å². The molecule has 0 fully saturated rings. The number of nitrogens with zero attached hydrogens (tertiary/aromatic N) is 3. The van der Waals surface area contributed by atoms with E-state index >= 15 is 0 Å². The van der Waals surface area contributed by atoms with Crippen LogP contribution in [0.2, 0.25) is 0 Å². The van der Waals surface area contributed by atoms with Crippen LogP contribution in [0, 0.1) is 6.92 Å². The van der Waals surface area contributed by atoms with E-state index in [1.807, 2.05) is 12.3 Å². The number of aromatic carboxylic acids is 1.